The van der Waals surface area contributed by atoms with Crippen molar-refractivity contribution < 1.29 is 4.79 Å². The van der Waals surface area contributed by atoms with Gasteiger partial charge in [0, 0.05) is 21.4 Å². The van der Waals surface area contributed by atoms with E-state index in [0.29, 0.717) is 10.7 Å². The van der Waals surface area contributed by atoms with Crippen molar-refractivity contribution in [2.24, 2.45) is 0 Å². The molecule has 2 rings (SSSR count). The van der Waals surface area contributed by atoms with Crippen LogP contribution in [0.1, 0.15) is 35.0 Å². The SMILES string of the molecule is CCCc1cc(C(=O)Nc2cc(Br)ccc2C)cc(Cl)n1. The highest BCUT2D eigenvalue weighted by Gasteiger charge is 2.11. The van der Waals surface area contributed by atoms with Gasteiger partial charge in [0.25, 0.3) is 5.91 Å². The van der Waals surface area contributed by atoms with Crippen LogP contribution in [0.4, 0.5) is 5.69 Å². The van der Waals surface area contributed by atoms with Gasteiger partial charge in [0.2, 0.25) is 0 Å². The summed E-state index contributed by atoms with van der Waals surface area (Å²) in [6.45, 7) is 4.01. The number of carbonyl (C=O) groups is 1. The zero-order chi connectivity index (χ0) is 15.4. The van der Waals surface area contributed by atoms with Gasteiger partial charge in [-0.1, -0.05) is 46.9 Å². The number of pyridine rings is 1. The van der Waals surface area contributed by atoms with Crippen LogP contribution < -0.4 is 5.32 Å². The number of aromatic nitrogens is 1. The lowest BCUT2D eigenvalue weighted by molar-refractivity contribution is 0.102. The summed E-state index contributed by atoms with van der Waals surface area (Å²) in [6, 6.07) is 9.14. The Balaban J connectivity index is 2.25. The second kappa shape index (κ2) is 7.05. The standard InChI is InChI=1S/C16H16BrClN2O/c1-3-4-13-7-11(8-15(18)19-13)16(21)20-14-9-12(17)6-5-10(14)2/h5-9H,3-4H2,1-2H3,(H,20,21). The topological polar surface area (TPSA) is 42.0 Å². The minimum Gasteiger partial charge on any atom is -0.322 e. The number of hydrogen-bond acceptors (Lipinski definition) is 2. The molecule has 0 saturated carbocycles. The van der Waals surface area contributed by atoms with Crippen LogP contribution in [0.15, 0.2) is 34.8 Å². The fraction of sp³-hybridized carbons (Fsp3) is 0.250. The van der Waals surface area contributed by atoms with E-state index in [-0.39, 0.29) is 5.91 Å². The molecule has 1 aromatic heterocycles. The lowest BCUT2D eigenvalue weighted by atomic mass is 10.1. The number of benzene rings is 1. The molecule has 21 heavy (non-hydrogen) atoms. The zero-order valence-corrected chi connectivity index (χ0v) is 14.3. The minimum atomic E-state index is -0.183. The molecule has 0 fully saturated rings. The van der Waals surface area contributed by atoms with Crippen LogP contribution in [-0.2, 0) is 6.42 Å². The smallest absolute Gasteiger partial charge is 0.255 e. The third-order valence-electron chi connectivity index (χ3n) is 3.06. The number of nitrogens with one attached hydrogen (secondary N) is 1. The lowest BCUT2D eigenvalue weighted by Crippen LogP contribution is -2.13. The third kappa shape index (κ3) is 4.29. The van der Waals surface area contributed by atoms with Crippen LogP contribution in [0, 0.1) is 6.92 Å². The summed E-state index contributed by atoms with van der Waals surface area (Å²) in [5.41, 5.74) is 3.14. The molecule has 1 heterocycles. The Hall–Kier alpha value is -1.39. The van der Waals surface area contributed by atoms with Gasteiger partial charge in [-0.25, -0.2) is 4.98 Å². The predicted octanol–water partition coefficient (Wildman–Crippen LogP) is 5.01. The summed E-state index contributed by atoms with van der Waals surface area (Å²) >= 11 is 9.39. The fourth-order valence-corrected chi connectivity index (χ4v) is 2.58. The first-order valence-corrected chi connectivity index (χ1v) is 7.90. The van der Waals surface area contributed by atoms with Crippen LogP contribution in [-0.4, -0.2) is 10.9 Å². The van der Waals surface area contributed by atoms with Gasteiger partial charge in [0.1, 0.15) is 5.15 Å². The number of carbonyl (C=O) groups excluding carboxylic acids is 1. The van der Waals surface area contributed by atoms with Crippen LogP contribution in [0.3, 0.4) is 0 Å². The summed E-state index contributed by atoms with van der Waals surface area (Å²) in [7, 11) is 0. The number of aryl methyl sites for hydroxylation is 2. The average Bonchev–Trinajstić information content (AvgIpc) is 2.42. The molecule has 1 aromatic carbocycles. The van der Waals surface area contributed by atoms with E-state index in [2.05, 4.69) is 33.2 Å². The normalized spacial score (nSPS) is 10.5. The average molecular weight is 368 g/mol. The molecule has 0 spiro atoms. The second-order valence-corrected chi connectivity index (χ2v) is 6.14. The molecule has 3 nitrogen and oxygen atoms in total. The molecular formula is C16H16BrClN2O. The quantitative estimate of drug-likeness (QED) is 0.772. The summed E-state index contributed by atoms with van der Waals surface area (Å²) in [6.07, 6.45) is 1.76. The Morgan fingerprint density at radius 3 is 2.81 bits per heavy atom. The van der Waals surface area contributed by atoms with Gasteiger partial charge < -0.3 is 5.32 Å². The molecule has 1 amide bonds. The first-order chi connectivity index (χ1) is 9.99. The second-order valence-electron chi connectivity index (χ2n) is 4.83. The predicted molar refractivity (Wildman–Crippen MR) is 90.1 cm³/mol. The van der Waals surface area contributed by atoms with Crippen molar-refractivity contribution in [2.45, 2.75) is 26.7 Å². The van der Waals surface area contributed by atoms with Crippen molar-refractivity contribution in [2.75, 3.05) is 5.32 Å². The van der Waals surface area contributed by atoms with Crippen molar-refractivity contribution in [3.8, 4) is 0 Å². The van der Waals surface area contributed by atoms with E-state index in [1.54, 1.807) is 12.1 Å². The van der Waals surface area contributed by atoms with Crippen molar-refractivity contribution >= 4 is 39.1 Å². The molecule has 0 unspecified atom stereocenters. The fourth-order valence-electron chi connectivity index (χ4n) is 1.99. The van der Waals surface area contributed by atoms with Gasteiger partial charge in [-0.05, 0) is 43.2 Å². The molecule has 0 radical (unpaired) electrons. The van der Waals surface area contributed by atoms with E-state index in [4.69, 9.17) is 11.6 Å². The molecule has 0 atom stereocenters. The van der Waals surface area contributed by atoms with Gasteiger partial charge in [-0.3, -0.25) is 4.79 Å². The van der Waals surface area contributed by atoms with Gasteiger partial charge >= 0.3 is 0 Å². The molecule has 0 saturated heterocycles. The monoisotopic (exact) mass is 366 g/mol. The highest BCUT2D eigenvalue weighted by molar-refractivity contribution is 9.10. The summed E-state index contributed by atoms with van der Waals surface area (Å²) < 4.78 is 0.919. The molecule has 0 aliphatic rings. The molecule has 2 aromatic rings. The molecule has 0 aliphatic heterocycles. The summed E-state index contributed by atoms with van der Waals surface area (Å²) in [4.78, 5) is 16.6. The third-order valence-corrected chi connectivity index (χ3v) is 3.75. The summed E-state index contributed by atoms with van der Waals surface area (Å²) in [5, 5.41) is 3.25. The Labute approximate surface area is 137 Å². The van der Waals surface area contributed by atoms with Gasteiger partial charge in [-0.2, -0.15) is 0 Å². The van der Waals surface area contributed by atoms with E-state index < -0.39 is 0 Å². The maximum atomic E-state index is 12.4. The van der Waals surface area contributed by atoms with E-state index in [1.807, 2.05) is 25.1 Å². The molecule has 110 valence electrons. The number of anilines is 1. The molecule has 0 aliphatic carbocycles. The van der Waals surface area contributed by atoms with Crippen LogP contribution in [0.25, 0.3) is 0 Å². The van der Waals surface area contributed by atoms with Crippen LogP contribution >= 0.6 is 27.5 Å². The number of amides is 1. The zero-order valence-electron chi connectivity index (χ0n) is 11.9. The first kappa shape index (κ1) is 16.0. The van der Waals surface area contributed by atoms with Gasteiger partial charge in [0.15, 0.2) is 0 Å². The highest BCUT2D eigenvalue weighted by atomic mass is 79.9. The maximum absolute atomic E-state index is 12.4. The van der Waals surface area contributed by atoms with Gasteiger partial charge in [-0.15, -0.1) is 0 Å². The van der Waals surface area contributed by atoms with E-state index in [0.717, 1.165) is 34.3 Å². The van der Waals surface area contributed by atoms with E-state index in [9.17, 15) is 4.79 Å². The number of rotatable bonds is 4. The van der Waals surface area contributed by atoms with Crippen LogP contribution in [0.2, 0.25) is 5.15 Å². The largest absolute Gasteiger partial charge is 0.322 e. The number of nitrogens with zero attached hydrogens (tertiary/aromatic N) is 1. The van der Waals surface area contributed by atoms with Crippen molar-refractivity contribution in [3.63, 3.8) is 0 Å². The summed E-state index contributed by atoms with van der Waals surface area (Å²) in [5.74, 6) is -0.183. The van der Waals surface area contributed by atoms with E-state index in [1.165, 1.54) is 0 Å². The van der Waals surface area contributed by atoms with Gasteiger partial charge in [0.05, 0.1) is 0 Å². The van der Waals surface area contributed by atoms with Crippen molar-refractivity contribution in [3.05, 3.63) is 56.8 Å². The number of hydrogen-bond donors (Lipinski definition) is 1. The lowest BCUT2D eigenvalue weighted by Gasteiger charge is -2.10. The van der Waals surface area contributed by atoms with Crippen molar-refractivity contribution in [1.82, 2.24) is 4.98 Å². The minimum absolute atomic E-state index is 0.183. The maximum Gasteiger partial charge on any atom is 0.255 e. The van der Waals surface area contributed by atoms with Crippen LogP contribution in [0.5, 0.6) is 0 Å². The Bertz CT molecular complexity index is 673. The Morgan fingerprint density at radius 1 is 1.33 bits per heavy atom. The molecule has 1 N–H and O–H groups in total. The molecule has 0 bridgehead atoms. The highest BCUT2D eigenvalue weighted by Crippen LogP contribution is 2.22. The van der Waals surface area contributed by atoms with E-state index >= 15 is 0 Å². The van der Waals surface area contributed by atoms with Crippen molar-refractivity contribution in [1.29, 1.82) is 0 Å². The number of halogens is 2. The molecular weight excluding hydrogens is 352 g/mol. The molecule has 5 heteroatoms. The Kier molecular flexibility index (Phi) is 5.37. The first-order valence-electron chi connectivity index (χ1n) is 6.73. The Morgan fingerprint density at radius 2 is 2.10 bits per heavy atom.